The van der Waals surface area contributed by atoms with E-state index in [-0.39, 0.29) is 11.7 Å². The summed E-state index contributed by atoms with van der Waals surface area (Å²) in [6.45, 7) is 0.341. The van der Waals surface area contributed by atoms with Crippen molar-refractivity contribution in [2.24, 2.45) is 5.92 Å². The fourth-order valence-electron chi connectivity index (χ4n) is 2.87. The summed E-state index contributed by atoms with van der Waals surface area (Å²) in [7, 11) is 4.73. The number of ether oxygens (including phenoxy) is 4. The minimum absolute atomic E-state index is 0.0339. The Morgan fingerprint density at radius 2 is 1.71 bits per heavy atom. The standard InChI is InChI=1S/C19H20O5/c1-21-14-6-4-12(5-7-14)8-13-11-24-17-10-15(22-2)9-16(23-3)18(17)19(13)20/h4-7,9-10,13H,8,11H2,1-3H3. The van der Waals surface area contributed by atoms with Crippen LogP contribution in [0, 0.1) is 5.92 Å². The summed E-state index contributed by atoms with van der Waals surface area (Å²) in [5, 5.41) is 0. The first kappa shape index (κ1) is 16.2. The van der Waals surface area contributed by atoms with Crippen LogP contribution in [0.4, 0.5) is 0 Å². The Bertz CT molecular complexity index is 719. The van der Waals surface area contributed by atoms with E-state index in [1.165, 1.54) is 7.11 Å². The summed E-state index contributed by atoms with van der Waals surface area (Å²) in [4.78, 5) is 12.9. The summed E-state index contributed by atoms with van der Waals surface area (Å²) in [5.41, 5.74) is 1.55. The molecule has 0 fully saturated rings. The molecule has 1 atom stereocenters. The summed E-state index contributed by atoms with van der Waals surface area (Å²) >= 11 is 0. The van der Waals surface area contributed by atoms with Gasteiger partial charge in [0.2, 0.25) is 0 Å². The van der Waals surface area contributed by atoms with Crippen LogP contribution in [0.15, 0.2) is 36.4 Å². The molecule has 1 unspecified atom stereocenters. The first-order valence-corrected chi connectivity index (χ1v) is 7.72. The highest BCUT2D eigenvalue weighted by molar-refractivity contribution is 6.04. The van der Waals surface area contributed by atoms with E-state index in [1.807, 2.05) is 24.3 Å². The van der Waals surface area contributed by atoms with E-state index in [9.17, 15) is 4.79 Å². The van der Waals surface area contributed by atoms with Gasteiger partial charge in [-0.1, -0.05) is 12.1 Å². The maximum atomic E-state index is 12.9. The molecule has 0 aliphatic carbocycles. The number of benzene rings is 2. The number of methoxy groups -OCH3 is 3. The number of fused-ring (bicyclic) bond motifs is 1. The average molecular weight is 328 g/mol. The van der Waals surface area contributed by atoms with Crippen molar-refractivity contribution in [3.05, 3.63) is 47.5 Å². The molecule has 2 aromatic rings. The Balaban J connectivity index is 1.85. The second-order valence-electron chi connectivity index (χ2n) is 5.63. The number of rotatable bonds is 5. The molecule has 5 nitrogen and oxygen atoms in total. The van der Waals surface area contributed by atoms with E-state index in [2.05, 4.69) is 0 Å². The predicted octanol–water partition coefficient (Wildman–Crippen LogP) is 3.15. The van der Waals surface area contributed by atoms with Crippen LogP contribution in [0.3, 0.4) is 0 Å². The number of hydrogen-bond donors (Lipinski definition) is 0. The molecule has 5 heteroatoms. The van der Waals surface area contributed by atoms with Crippen LogP contribution in [-0.4, -0.2) is 33.7 Å². The van der Waals surface area contributed by atoms with E-state index >= 15 is 0 Å². The number of ketones is 1. The van der Waals surface area contributed by atoms with Crippen LogP contribution in [0.25, 0.3) is 0 Å². The average Bonchev–Trinajstić information content (AvgIpc) is 2.63. The Labute approximate surface area is 141 Å². The van der Waals surface area contributed by atoms with Gasteiger partial charge in [0.1, 0.15) is 28.6 Å². The second-order valence-corrected chi connectivity index (χ2v) is 5.63. The molecule has 2 aromatic carbocycles. The minimum atomic E-state index is -0.242. The molecule has 3 rings (SSSR count). The Kier molecular flexibility index (Phi) is 4.60. The molecule has 0 radical (unpaired) electrons. The van der Waals surface area contributed by atoms with Gasteiger partial charge < -0.3 is 18.9 Å². The second kappa shape index (κ2) is 6.83. The molecule has 0 bridgehead atoms. The van der Waals surface area contributed by atoms with Gasteiger partial charge in [-0.3, -0.25) is 4.79 Å². The van der Waals surface area contributed by atoms with Gasteiger partial charge in [0.25, 0.3) is 0 Å². The molecule has 0 aromatic heterocycles. The van der Waals surface area contributed by atoms with Gasteiger partial charge >= 0.3 is 0 Å². The van der Waals surface area contributed by atoms with Crippen molar-refractivity contribution in [2.45, 2.75) is 6.42 Å². The van der Waals surface area contributed by atoms with Crippen molar-refractivity contribution in [3.8, 4) is 23.0 Å². The lowest BCUT2D eigenvalue weighted by atomic mass is 9.89. The van der Waals surface area contributed by atoms with Crippen LogP contribution in [-0.2, 0) is 6.42 Å². The monoisotopic (exact) mass is 328 g/mol. The third-order valence-corrected chi connectivity index (χ3v) is 4.19. The quantitative estimate of drug-likeness (QED) is 0.844. The van der Waals surface area contributed by atoms with Crippen molar-refractivity contribution < 1.29 is 23.7 Å². The Hall–Kier alpha value is -2.69. The first-order chi connectivity index (χ1) is 11.7. The SMILES string of the molecule is COc1ccc(CC2COc3cc(OC)cc(OC)c3C2=O)cc1. The van der Waals surface area contributed by atoms with Gasteiger partial charge in [0.05, 0.1) is 33.9 Å². The van der Waals surface area contributed by atoms with Crippen molar-refractivity contribution in [1.82, 2.24) is 0 Å². The zero-order valence-electron chi connectivity index (χ0n) is 14.0. The molecule has 0 saturated heterocycles. The Morgan fingerprint density at radius 1 is 1.00 bits per heavy atom. The van der Waals surface area contributed by atoms with Crippen molar-refractivity contribution in [3.63, 3.8) is 0 Å². The Morgan fingerprint density at radius 3 is 2.33 bits per heavy atom. The van der Waals surface area contributed by atoms with Gasteiger partial charge in [0, 0.05) is 12.1 Å². The van der Waals surface area contributed by atoms with E-state index in [0.29, 0.717) is 35.8 Å². The maximum absolute atomic E-state index is 12.9. The largest absolute Gasteiger partial charge is 0.497 e. The molecule has 1 aliphatic heterocycles. The van der Waals surface area contributed by atoms with Gasteiger partial charge in [-0.2, -0.15) is 0 Å². The first-order valence-electron chi connectivity index (χ1n) is 7.72. The van der Waals surface area contributed by atoms with Crippen molar-refractivity contribution >= 4 is 5.78 Å². The van der Waals surface area contributed by atoms with Crippen LogP contribution < -0.4 is 18.9 Å². The van der Waals surface area contributed by atoms with E-state index < -0.39 is 0 Å². The summed E-state index contributed by atoms with van der Waals surface area (Å²) in [6.07, 6.45) is 0.609. The normalized spacial score (nSPS) is 16.1. The van der Waals surface area contributed by atoms with E-state index in [1.54, 1.807) is 26.4 Å². The molecule has 0 saturated carbocycles. The third-order valence-electron chi connectivity index (χ3n) is 4.19. The molecule has 1 heterocycles. The van der Waals surface area contributed by atoms with Crippen molar-refractivity contribution in [1.29, 1.82) is 0 Å². The summed E-state index contributed by atoms with van der Waals surface area (Å²) < 4.78 is 21.5. The van der Waals surface area contributed by atoms with Gasteiger partial charge in [0.15, 0.2) is 5.78 Å². The highest BCUT2D eigenvalue weighted by Gasteiger charge is 2.32. The highest BCUT2D eigenvalue weighted by atomic mass is 16.5. The van der Waals surface area contributed by atoms with Gasteiger partial charge in [-0.25, -0.2) is 0 Å². The number of Topliss-reactive ketones (excluding diaryl/α,β-unsaturated/α-hetero) is 1. The zero-order chi connectivity index (χ0) is 17.1. The van der Waals surface area contributed by atoms with E-state index in [4.69, 9.17) is 18.9 Å². The van der Waals surface area contributed by atoms with Crippen LogP contribution >= 0.6 is 0 Å². The summed E-state index contributed by atoms with van der Waals surface area (Å²) in [5.74, 6) is 2.19. The molecule has 0 spiro atoms. The summed E-state index contributed by atoms with van der Waals surface area (Å²) in [6, 6.07) is 11.1. The van der Waals surface area contributed by atoms with Crippen LogP contribution in [0.1, 0.15) is 15.9 Å². The smallest absolute Gasteiger partial charge is 0.177 e. The van der Waals surface area contributed by atoms with E-state index in [0.717, 1.165) is 11.3 Å². The number of carbonyl (C=O) groups excluding carboxylic acids is 1. The van der Waals surface area contributed by atoms with Crippen LogP contribution in [0.2, 0.25) is 0 Å². The van der Waals surface area contributed by atoms with Crippen LogP contribution in [0.5, 0.6) is 23.0 Å². The molecular weight excluding hydrogens is 308 g/mol. The molecule has 126 valence electrons. The third kappa shape index (κ3) is 3.02. The molecular formula is C19H20O5. The lowest BCUT2D eigenvalue weighted by Gasteiger charge is -2.26. The fraction of sp³-hybridized carbons (Fsp3) is 0.316. The molecule has 1 aliphatic rings. The minimum Gasteiger partial charge on any atom is -0.497 e. The lowest BCUT2D eigenvalue weighted by Crippen LogP contribution is -2.30. The van der Waals surface area contributed by atoms with Crippen molar-refractivity contribution in [2.75, 3.05) is 27.9 Å². The molecule has 0 N–H and O–H groups in total. The van der Waals surface area contributed by atoms with Gasteiger partial charge in [-0.05, 0) is 24.1 Å². The number of carbonyl (C=O) groups is 1. The van der Waals surface area contributed by atoms with Gasteiger partial charge in [-0.15, -0.1) is 0 Å². The molecule has 24 heavy (non-hydrogen) atoms. The molecule has 0 amide bonds. The highest BCUT2D eigenvalue weighted by Crippen LogP contribution is 2.39. The lowest BCUT2D eigenvalue weighted by molar-refractivity contribution is 0.0825. The fourth-order valence-corrected chi connectivity index (χ4v) is 2.87. The maximum Gasteiger partial charge on any atom is 0.177 e. The zero-order valence-corrected chi connectivity index (χ0v) is 14.0. The number of hydrogen-bond acceptors (Lipinski definition) is 5. The topological polar surface area (TPSA) is 54.0 Å². The predicted molar refractivity (Wildman–Crippen MR) is 89.6 cm³/mol.